The summed E-state index contributed by atoms with van der Waals surface area (Å²) >= 11 is 2.18. The summed E-state index contributed by atoms with van der Waals surface area (Å²) in [6.07, 6.45) is 0. The fraction of sp³-hybridized carbons (Fsp3) is 0.364. The van der Waals surface area contributed by atoms with Crippen molar-refractivity contribution in [3.8, 4) is 0 Å². The van der Waals surface area contributed by atoms with E-state index in [1.54, 1.807) is 6.07 Å². The van der Waals surface area contributed by atoms with Crippen LogP contribution >= 0.6 is 22.6 Å². The molecule has 0 bridgehead atoms. The Bertz CT molecular complexity index is 363. The molecule has 0 atom stereocenters. The summed E-state index contributed by atoms with van der Waals surface area (Å²) in [6.45, 7) is 4.22. The van der Waals surface area contributed by atoms with E-state index in [1.807, 2.05) is 32.0 Å². The highest BCUT2D eigenvalue weighted by Crippen LogP contribution is 2.09. The molecule has 0 aromatic heterocycles. The van der Waals surface area contributed by atoms with Crippen molar-refractivity contribution in [2.45, 2.75) is 19.4 Å². The standard InChI is InChI=1S/C11H15IN2O/c1-11(2,7-13)14-10(15)8-4-3-5-9(12)6-8/h3-6H,7,13H2,1-2H3,(H,14,15). The highest BCUT2D eigenvalue weighted by Gasteiger charge is 2.18. The quantitative estimate of drug-likeness (QED) is 0.835. The van der Waals surface area contributed by atoms with Crippen molar-refractivity contribution >= 4 is 28.5 Å². The average Bonchev–Trinajstić information content (AvgIpc) is 2.17. The second-order valence-electron chi connectivity index (χ2n) is 4.05. The zero-order chi connectivity index (χ0) is 11.5. The fourth-order valence-corrected chi connectivity index (χ4v) is 1.60. The van der Waals surface area contributed by atoms with Crippen LogP contribution in [0.25, 0.3) is 0 Å². The van der Waals surface area contributed by atoms with E-state index < -0.39 is 0 Å². The normalized spacial score (nSPS) is 11.2. The molecular weight excluding hydrogens is 303 g/mol. The average molecular weight is 318 g/mol. The van der Waals surface area contributed by atoms with Gasteiger partial charge in [0.2, 0.25) is 0 Å². The maximum atomic E-state index is 11.8. The lowest BCUT2D eigenvalue weighted by atomic mass is 10.1. The van der Waals surface area contributed by atoms with Crippen LogP contribution in [0.3, 0.4) is 0 Å². The number of hydrogen-bond donors (Lipinski definition) is 2. The van der Waals surface area contributed by atoms with Gasteiger partial charge >= 0.3 is 0 Å². The van der Waals surface area contributed by atoms with Crippen LogP contribution < -0.4 is 11.1 Å². The molecule has 3 N–H and O–H groups in total. The molecule has 0 aliphatic rings. The van der Waals surface area contributed by atoms with Crippen molar-refractivity contribution in [3.63, 3.8) is 0 Å². The van der Waals surface area contributed by atoms with E-state index in [-0.39, 0.29) is 11.4 Å². The number of carbonyl (C=O) groups is 1. The minimum Gasteiger partial charge on any atom is -0.346 e. The molecule has 0 saturated carbocycles. The van der Waals surface area contributed by atoms with Gasteiger partial charge in [-0.2, -0.15) is 0 Å². The smallest absolute Gasteiger partial charge is 0.251 e. The Balaban J connectivity index is 2.78. The Morgan fingerprint density at radius 3 is 2.73 bits per heavy atom. The Morgan fingerprint density at radius 1 is 1.53 bits per heavy atom. The van der Waals surface area contributed by atoms with Gasteiger partial charge in [0.15, 0.2) is 0 Å². The van der Waals surface area contributed by atoms with Crippen molar-refractivity contribution in [2.75, 3.05) is 6.54 Å². The highest BCUT2D eigenvalue weighted by atomic mass is 127. The van der Waals surface area contributed by atoms with Crippen LogP contribution in [-0.2, 0) is 0 Å². The zero-order valence-electron chi connectivity index (χ0n) is 8.88. The van der Waals surface area contributed by atoms with E-state index >= 15 is 0 Å². The van der Waals surface area contributed by atoms with Crippen LogP contribution in [0, 0.1) is 3.57 Å². The highest BCUT2D eigenvalue weighted by molar-refractivity contribution is 14.1. The number of carbonyl (C=O) groups excluding carboxylic acids is 1. The van der Waals surface area contributed by atoms with Crippen LogP contribution in [0.4, 0.5) is 0 Å². The lowest BCUT2D eigenvalue weighted by molar-refractivity contribution is 0.0915. The Hall–Kier alpha value is -0.620. The van der Waals surface area contributed by atoms with Gasteiger partial charge in [-0.15, -0.1) is 0 Å². The van der Waals surface area contributed by atoms with Gasteiger partial charge in [0.1, 0.15) is 0 Å². The van der Waals surface area contributed by atoms with Crippen molar-refractivity contribution in [1.82, 2.24) is 5.32 Å². The number of amides is 1. The minimum atomic E-state index is -0.363. The molecule has 4 heteroatoms. The van der Waals surface area contributed by atoms with Crippen LogP contribution in [0.2, 0.25) is 0 Å². The van der Waals surface area contributed by atoms with Gasteiger partial charge in [0, 0.05) is 21.2 Å². The summed E-state index contributed by atoms with van der Waals surface area (Å²) in [6, 6.07) is 7.46. The van der Waals surface area contributed by atoms with Gasteiger partial charge in [-0.1, -0.05) is 6.07 Å². The molecule has 3 nitrogen and oxygen atoms in total. The molecule has 0 aliphatic carbocycles. The number of benzene rings is 1. The van der Waals surface area contributed by atoms with Crippen LogP contribution in [0.5, 0.6) is 0 Å². The summed E-state index contributed by atoms with van der Waals surface area (Å²) in [4.78, 5) is 11.8. The van der Waals surface area contributed by atoms with Crippen molar-refractivity contribution in [2.24, 2.45) is 5.73 Å². The number of halogens is 1. The molecule has 0 saturated heterocycles. The second kappa shape index (κ2) is 4.94. The Morgan fingerprint density at radius 2 is 2.20 bits per heavy atom. The molecule has 82 valence electrons. The number of hydrogen-bond acceptors (Lipinski definition) is 2. The second-order valence-corrected chi connectivity index (χ2v) is 5.30. The maximum Gasteiger partial charge on any atom is 0.251 e. The molecule has 1 amide bonds. The molecule has 15 heavy (non-hydrogen) atoms. The first-order chi connectivity index (χ1) is 6.94. The third-order valence-electron chi connectivity index (χ3n) is 2.05. The predicted octanol–water partition coefficient (Wildman–Crippen LogP) is 1.76. The lowest BCUT2D eigenvalue weighted by Crippen LogP contribution is -2.48. The van der Waals surface area contributed by atoms with Crippen LogP contribution in [0.15, 0.2) is 24.3 Å². The largest absolute Gasteiger partial charge is 0.346 e. The molecule has 0 aliphatic heterocycles. The van der Waals surface area contributed by atoms with Gasteiger partial charge in [-0.25, -0.2) is 0 Å². The predicted molar refractivity (Wildman–Crippen MR) is 69.8 cm³/mol. The minimum absolute atomic E-state index is 0.0797. The molecule has 0 radical (unpaired) electrons. The van der Waals surface area contributed by atoms with E-state index in [0.29, 0.717) is 12.1 Å². The number of rotatable bonds is 3. The molecule has 0 heterocycles. The Labute approximate surface area is 104 Å². The van der Waals surface area contributed by atoms with E-state index in [1.165, 1.54) is 0 Å². The monoisotopic (exact) mass is 318 g/mol. The van der Waals surface area contributed by atoms with Gasteiger partial charge in [0.05, 0.1) is 0 Å². The summed E-state index contributed by atoms with van der Waals surface area (Å²) < 4.78 is 1.05. The summed E-state index contributed by atoms with van der Waals surface area (Å²) in [5, 5.41) is 2.88. The third kappa shape index (κ3) is 3.79. The van der Waals surface area contributed by atoms with E-state index in [2.05, 4.69) is 27.9 Å². The molecule has 0 fully saturated rings. The molecule has 0 unspecified atom stereocenters. The fourth-order valence-electron chi connectivity index (χ4n) is 1.06. The summed E-state index contributed by atoms with van der Waals surface area (Å²) in [7, 11) is 0. The first-order valence-electron chi connectivity index (χ1n) is 4.73. The molecule has 1 aromatic carbocycles. The lowest BCUT2D eigenvalue weighted by Gasteiger charge is -2.24. The first kappa shape index (κ1) is 12.4. The van der Waals surface area contributed by atoms with Crippen molar-refractivity contribution in [3.05, 3.63) is 33.4 Å². The SMILES string of the molecule is CC(C)(CN)NC(=O)c1cccc(I)c1. The molecule has 0 spiro atoms. The van der Waals surface area contributed by atoms with E-state index in [9.17, 15) is 4.79 Å². The maximum absolute atomic E-state index is 11.8. The summed E-state index contributed by atoms with van der Waals surface area (Å²) in [5.41, 5.74) is 5.85. The zero-order valence-corrected chi connectivity index (χ0v) is 11.0. The summed E-state index contributed by atoms with van der Waals surface area (Å²) in [5.74, 6) is -0.0797. The van der Waals surface area contributed by atoms with Crippen molar-refractivity contribution in [1.29, 1.82) is 0 Å². The van der Waals surface area contributed by atoms with Crippen molar-refractivity contribution < 1.29 is 4.79 Å². The molecular formula is C11H15IN2O. The van der Waals surface area contributed by atoms with Crippen LogP contribution in [-0.4, -0.2) is 18.0 Å². The number of nitrogens with two attached hydrogens (primary N) is 1. The first-order valence-corrected chi connectivity index (χ1v) is 5.81. The van der Waals surface area contributed by atoms with Crippen LogP contribution in [0.1, 0.15) is 24.2 Å². The van der Waals surface area contributed by atoms with Gasteiger partial charge < -0.3 is 11.1 Å². The van der Waals surface area contributed by atoms with Gasteiger partial charge in [-0.05, 0) is 54.6 Å². The third-order valence-corrected chi connectivity index (χ3v) is 2.72. The molecule has 1 rings (SSSR count). The molecule has 1 aromatic rings. The number of nitrogens with one attached hydrogen (secondary N) is 1. The van der Waals surface area contributed by atoms with E-state index in [4.69, 9.17) is 5.73 Å². The van der Waals surface area contributed by atoms with Gasteiger partial charge in [0.25, 0.3) is 5.91 Å². The topological polar surface area (TPSA) is 55.1 Å². The van der Waals surface area contributed by atoms with Gasteiger partial charge in [-0.3, -0.25) is 4.79 Å². The Kier molecular flexibility index (Phi) is 4.10. The van der Waals surface area contributed by atoms with E-state index in [0.717, 1.165) is 3.57 Å².